The van der Waals surface area contributed by atoms with Crippen LogP contribution in [0.3, 0.4) is 0 Å². The number of benzene rings is 2. The minimum absolute atomic E-state index is 0.297. The van der Waals surface area contributed by atoms with Crippen LogP contribution in [-0.2, 0) is 11.3 Å². The minimum Gasteiger partial charge on any atom is -0.492 e. The van der Waals surface area contributed by atoms with E-state index >= 15 is 0 Å². The normalized spacial score (nSPS) is 14.8. The van der Waals surface area contributed by atoms with Gasteiger partial charge in [0, 0.05) is 31.7 Å². The Bertz CT molecular complexity index is 1030. The highest BCUT2D eigenvalue weighted by atomic mass is 19.3. The number of hydrogen-bond acceptors (Lipinski definition) is 5. The molecule has 31 heavy (non-hydrogen) atoms. The summed E-state index contributed by atoms with van der Waals surface area (Å²) in [7, 11) is 0. The maximum Gasteiger partial charge on any atom is 0.295 e. The summed E-state index contributed by atoms with van der Waals surface area (Å²) < 4.78 is 36.8. The quantitative estimate of drug-likeness (QED) is 0.574. The second-order valence-corrected chi connectivity index (χ2v) is 7.29. The zero-order chi connectivity index (χ0) is 21.6. The molecule has 0 bridgehead atoms. The van der Waals surface area contributed by atoms with Gasteiger partial charge >= 0.3 is 0 Å². The van der Waals surface area contributed by atoms with E-state index < -0.39 is 12.2 Å². The first-order chi connectivity index (χ1) is 15.1. The molecule has 1 saturated heterocycles. The number of rotatable bonds is 8. The van der Waals surface area contributed by atoms with Crippen molar-refractivity contribution in [3.63, 3.8) is 0 Å². The van der Waals surface area contributed by atoms with Gasteiger partial charge in [-0.1, -0.05) is 12.1 Å². The SMILES string of the molecule is O=C(NCc1cccc(OCCN2CCOCC2)c1)c1ccc2nc(C(F)F)[nH]c2c1. The number of amides is 1. The standard InChI is InChI=1S/C22H24F2N4O3/c23-20(24)21-26-18-5-4-16(13-19(18)27-21)22(29)25-14-15-2-1-3-17(12-15)31-11-8-28-6-9-30-10-7-28/h1-5,12-13,20H,6-11,14H2,(H,25,29)(H,26,27). The van der Waals surface area contributed by atoms with Crippen molar-refractivity contribution in [3.8, 4) is 5.75 Å². The summed E-state index contributed by atoms with van der Waals surface area (Å²) in [6, 6.07) is 12.2. The van der Waals surface area contributed by atoms with Crippen LogP contribution in [0.1, 0.15) is 28.2 Å². The van der Waals surface area contributed by atoms with Gasteiger partial charge in [0.25, 0.3) is 12.3 Å². The van der Waals surface area contributed by atoms with Crippen molar-refractivity contribution in [3.05, 3.63) is 59.4 Å². The topological polar surface area (TPSA) is 79.5 Å². The van der Waals surface area contributed by atoms with Gasteiger partial charge in [0.05, 0.1) is 24.2 Å². The van der Waals surface area contributed by atoms with Crippen LogP contribution in [0.25, 0.3) is 11.0 Å². The molecule has 1 aromatic heterocycles. The van der Waals surface area contributed by atoms with E-state index in [-0.39, 0.29) is 5.91 Å². The number of morpholine rings is 1. The Kier molecular flexibility index (Phi) is 6.73. The second-order valence-electron chi connectivity index (χ2n) is 7.29. The summed E-state index contributed by atoms with van der Waals surface area (Å²) in [4.78, 5) is 21.2. The molecule has 0 unspecified atom stereocenters. The molecule has 1 aliphatic rings. The third-order valence-electron chi connectivity index (χ3n) is 5.10. The van der Waals surface area contributed by atoms with E-state index in [2.05, 4.69) is 20.2 Å². The summed E-state index contributed by atoms with van der Waals surface area (Å²) in [6.07, 6.45) is -2.69. The molecular weight excluding hydrogens is 406 g/mol. The molecule has 3 aromatic rings. The number of nitrogens with zero attached hydrogens (tertiary/aromatic N) is 2. The van der Waals surface area contributed by atoms with Crippen molar-refractivity contribution in [2.75, 3.05) is 39.5 Å². The van der Waals surface area contributed by atoms with Crippen molar-refractivity contribution < 1.29 is 23.0 Å². The molecule has 1 aliphatic heterocycles. The van der Waals surface area contributed by atoms with Crippen LogP contribution in [0.4, 0.5) is 8.78 Å². The number of H-pyrrole nitrogens is 1. The summed E-state index contributed by atoms with van der Waals surface area (Å²) >= 11 is 0. The van der Waals surface area contributed by atoms with E-state index in [1.165, 1.54) is 6.07 Å². The summed E-state index contributed by atoms with van der Waals surface area (Å²) in [6.45, 7) is 5.11. The Morgan fingerprint density at radius 3 is 2.87 bits per heavy atom. The number of fused-ring (bicyclic) bond motifs is 1. The highest BCUT2D eigenvalue weighted by molar-refractivity contribution is 5.97. The van der Waals surface area contributed by atoms with Crippen molar-refractivity contribution >= 4 is 16.9 Å². The van der Waals surface area contributed by atoms with Gasteiger partial charge in [-0.05, 0) is 35.9 Å². The van der Waals surface area contributed by atoms with Gasteiger partial charge in [0.2, 0.25) is 0 Å². The number of ether oxygens (including phenoxy) is 2. The summed E-state index contributed by atoms with van der Waals surface area (Å²) in [5.41, 5.74) is 2.07. The fourth-order valence-corrected chi connectivity index (χ4v) is 3.42. The number of aromatic amines is 1. The minimum atomic E-state index is -2.69. The van der Waals surface area contributed by atoms with Gasteiger partial charge in [-0.25, -0.2) is 13.8 Å². The van der Waals surface area contributed by atoms with E-state index in [0.717, 1.165) is 44.2 Å². The van der Waals surface area contributed by atoms with Crippen LogP contribution in [0.5, 0.6) is 5.75 Å². The first kappa shape index (κ1) is 21.2. The van der Waals surface area contributed by atoms with Crippen molar-refractivity contribution in [1.82, 2.24) is 20.2 Å². The van der Waals surface area contributed by atoms with Crippen molar-refractivity contribution in [2.45, 2.75) is 13.0 Å². The maximum atomic E-state index is 12.8. The van der Waals surface area contributed by atoms with Gasteiger partial charge < -0.3 is 19.8 Å². The molecule has 4 rings (SSSR count). The number of carbonyl (C=O) groups is 1. The molecule has 1 fully saturated rings. The largest absolute Gasteiger partial charge is 0.492 e. The predicted molar refractivity (Wildman–Crippen MR) is 111 cm³/mol. The molecular formula is C22H24F2N4O3. The number of hydrogen-bond donors (Lipinski definition) is 2. The fourth-order valence-electron chi connectivity index (χ4n) is 3.42. The Morgan fingerprint density at radius 2 is 2.06 bits per heavy atom. The number of imidazole rings is 1. The van der Waals surface area contributed by atoms with Crippen molar-refractivity contribution in [2.24, 2.45) is 0 Å². The number of aromatic nitrogens is 2. The lowest BCUT2D eigenvalue weighted by atomic mass is 10.1. The van der Waals surface area contributed by atoms with Crippen LogP contribution in [0.2, 0.25) is 0 Å². The fraction of sp³-hybridized carbons (Fsp3) is 0.364. The molecule has 1 amide bonds. The highest BCUT2D eigenvalue weighted by Crippen LogP contribution is 2.21. The second kappa shape index (κ2) is 9.84. The summed E-state index contributed by atoms with van der Waals surface area (Å²) in [5, 5.41) is 2.85. The van der Waals surface area contributed by atoms with E-state index in [1.807, 2.05) is 24.3 Å². The molecule has 9 heteroatoms. The van der Waals surface area contributed by atoms with Gasteiger partial charge in [0.1, 0.15) is 12.4 Å². The lowest BCUT2D eigenvalue weighted by Gasteiger charge is -2.26. The highest BCUT2D eigenvalue weighted by Gasteiger charge is 2.14. The average Bonchev–Trinajstić information content (AvgIpc) is 3.22. The third-order valence-corrected chi connectivity index (χ3v) is 5.10. The Morgan fingerprint density at radius 1 is 1.23 bits per heavy atom. The van der Waals surface area contributed by atoms with E-state index in [4.69, 9.17) is 9.47 Å². The third kappa shape index (κ3) is 5.56. The van der Waals surface area contributed by atoms with Crippen LogP contribution < -0.4 is 10.1 Å². The number of nitrogens with one attached hydrogen (secondary N) is 2. The molecule has 164 valence electrons. The first-order valence-corrected chi connectivity index (χ1v) is 10.2. The number of halogens is 2. The lowest BCUT2D eigenvalue weighted by Crippen LogP contribution is -2.38. The molecule has 2 heterocycles. The zero-order valence-corrected chi connectivity index (χ0v) is 16.9. The van der Waals surface area contributed by atoms with E-state index in [0.29, 0.717) is 29.7 Å². The molecule has 0 spiro atoms. The van der Waals surface area contributed by atoms with E-state index in [1.54, 1.807) is 12.1 Å². The van der Waals surface area contributed by atoms with Gasteiger partial charge in [-0.2, -0.15) is 0 Å². The zero-order valence-electron chi connectivity index (χ0n) is 16.9. The smallest absolute Gasteiger partial charge is 0.295 e. The van der Waals surface area contributed by atoms with Crippen molar-refractivity contribution in [1.29, 1.82) is 0 Å². The molecule has 0 radical (unpaired) electrons. The van der Waals surface area contributed by atoms with Crippen LogP contribution in [-0.4, -0.2) is 60.2 Å². The van der Waals surface area contributed by atoms with E-state index in [9.17, 15) is 13.6 Å². The van der Waals surface area contributed by atoms with Gasteiger partial charge in [-0.3, -0.25) is 9.69 Å². The van der Waals surface area contributed by atoms with Gasteiger partial charge in [0.15, 0.2) is 5.82 Å². The van der Waals surface area contributed by atoms with Crippen LogP contribution in [0.15, 0.2) is 42.5 Å². The molecule has 2 N–H and O–H groups in total. The average molecular weight is 430 g/mol. The monoisotopic (exact) mass is 430 g/mol. The lowest BCUT2D eigenvalue weighted by molar-refractivity contribution is 0.0322. The molecule has 7 nitrogen and oxygen atoms in total. The maximum absolute atomic E-state index is 12.8. The van der Waals surface area contributed by atoms with Gasteiger partial charge in [-0.15, -0.1) is 0 Å². The molecule has 0 saturated carbocycles. The first-order valence-electron chi connectivity index (χ1n) is 10.2. The summed E-state index contributed by atoms with van der Waals surface area (Å²) in [5.74, 6) is 0.0464. The number of carbonyl (C=O) groups excluding carboxylic acids is 1. The van der Waals surface area contributed by atoms with Crippen LogP contribution >= 0.6 is 0 Å². The Balaban J connectivity index is 1.30. The Labute approximate surface area is 178 Å². The molecule has 0 atom stereocenters. The molecule has 0 aliphatic carbocycles. The Hall–Kier alpha value is -3.04. The number of alkyl halides is 2. The predicted octanol–water partition coefficient (Wildman–Crippen LogP) is 3.14. The van der Waals surface area contributed by atoms with Crippen LogP contribution in [0, 0.1) is 0 Å². The molecule has 2 aromatic carbocycles.